The number of benzene rings is 1. The van der Waals surface area contributed by atoms with Gasteiger partial charge in [0.15, 0.2) is 0 Å². The molecule has 1 aliphatic rings. The van der Waals surface area contributed by atoms with Crippen molar-refractivity contribution < 1.29 is 4.74 Å². The number of hydrogen-bond acceptors (Lipinski definition) is 3. The molecule has 0 aromatic heterocycles. The van der Waals surface area contributed by atoms with Gasteiger partial charge in [-0.1, -0.05) is 58.0 Å². The van der Waals surface area contributed by atoms with Crippen molar-refractivity contribution in [2.75, 3.05) is 32.8 Å². The quantitative estimate of drug-likeness (QED) is 0.836. The number of ether oxygens (including phenoxy) is 1. The minimum absolute atomic E-state index is 0.303. The van der Waals surface area contributed by atoms with E-state index in [1.807, 2.05) is 0 Å². The summed E-state index contributed by atoms with van der Waals surface area (Å²) in [6, 6.07) is 11.1. The summed E-state index contributed by atoms with van der Waals surface area (Å²) in [7, 11) is 0. The first-order chi connectivity index (χ1) is 10.6. The molecule has 0 spiro atoms. The third-order valence-corrected chi connectivity index (χ3v) is 4.24. The molecular formula is C19H32N2O. The molecule has 0 bridgehead atoms. The van der Waals surface area contributed by atoms with E-state index in [0.29, 0.717) is 18.1 Å². The Kier molecular flexibility index (Phi) is 6.87. The van der Waals surface area contributed by atoms with E-state index in [-0.39, 0.29) is 0 Å². The fourth-order valence-corrected chi connectivity index (χ4v) is 3.24. The van der Waals surface area contributed by atoms with Crippen molar-refractivity contribution in [2.24, 2.45) is 11.8 Å². The molecule has 1 N–H and O–H groups in total. The average Bonchev–Trinajstić information content (AvgIpc) is 2.48. The molecule has 3 heteroatoms. The number of nitrogens with zero attached hydrogens (tertiary/aromatic N) is 1. The van der Waals surface area contributed by atoms with E-state index >= 15 is 0 Å². The van der Waals surface area contributed by atoms with Crippen molar-refractivity contribution in [3.8, 4) is 0 Å². The van der Waals surface area contributed by atoms with Gasteiger partial charge in [-0.05, 0) is 17.4 Å². The van der Waals surface area contributed by atoms with Gasteiger partial charge in [-0.15, -0.1) is 0 Å². The SMILES string of the molecule is CC(C)CN1CCOC(CNC(c2ccccc2)C(C)C)C1. The molecule has 1 aliphatic heterocycles. The molecule has 22 heavy (non-hydrogen) atoms. The Hall–Kier alpha value is -0.900. The first-order valence-electron chi connectivity index (χ1n) is 8.68. The largest absolute Gasteiger partial charge is 0.374 e. The highest BCUT2D eigenvalue weighted by Gasteiger charge is 2.23. The van der Waals surface area contributed by atoms with Gasteiger partial charge < -0.3 is 10.1 Å². The molecule has 1 aromatic rings. The number of morpholine rings is 1. The monoisotopic (exact) mass is 304 g/mol. The minimum atomic E-state index is 0.303. The summed E-state index contributed by atoms with van der Waals surface area (Å²) >= 11 is 0. The molecule has 1 saturated heterocycles. The summed E-state index contributed by atoms with van der Waals surface area (Å²) in [6.45, 7) is 14.2. The Labute approximate surface area is 136 Å². The van der Waals surface area contributed by atoms with Crippen LogP contribution in [-0.2, 0) is 4.74 Å². The van der Waals surface area contributed by atoms with E-state index in [2.05, 4.69) is 68.2 Å². The molecule has 1 heterocycles. The summed E-state index contributed by atoms with van der Waals surface area (Å²) < 4.78 is 5.95. The molecule has 0 aliphatic carbocycles. The van der Waals surface area contributed by atoms with E-state index < -0.39 is 0 Å². The Bertz CT molecular complexity index is 419. The smallest absolute Gasteiger partial charge is 0.0826 e. The first kappa shape index (κ1) is 17.5. The Morgan fingerprint density at radius 2 is 1.91 bits per heavy atom. The molecule has 2 unspecified atom stereocenters. The van der Waals surface area contributed by atoms with Gasteiger partial charge in [0.25, 0.3) is 0 Å². The van der Waals surface area contributed by atoms with E-state index in [1.54, 1.807) is 0 Å². The van der Waals surface area contributed by atoms with Gasteiger partial charge in [0.1, 0.15) is 0 Å². The summed E-state index contributed by atoms with van der Waals surface area (Å²) in [4.78, 5) is 2.54. The topological polar surface area (TPSA) is 24.5 Å². The lowest BCUT2D eigenvalue weighted by Crippen LogP contribution is -2.48. The predicted octanol–water partition coefficient (Wildman–Crippen LogP) is 3.33. The van der Waals surface area contributed by atoms with Crippen molar-refractivity contribution in [3.05, 3.63) is 35.9 Å². The van der Waals surface area contributed by atoms with Crippen LogP contribution in [0.5, 0.6) is 0 Å². The first-order valence-corrected chi connectivity index (χ1v) is 8.68. The zero-order chi connectivity index (χ0) is 15.9. The van der Waals surface area contributed by atoms with Crippen LogP contribution < -0.4 is 5.32 Å². The molecular weight excluding hydrogens is 272 g/mol. The summed E-state index contributed by atoms with van der Waals surface area (Å²) in [5.74, 6) is 1.29. The zero-order valence-electron chi connectivity index (χ0n) is 14.6. The minimum Gasteiger partial charge on any atom is -0.374 e. The molecule has 1 aromatic carbocycles. The molecule has 0 radical (unpaired) electrons. The predicted molar refractivity (Wildman–Crippen MR) is 93.0 cm³/mol. The standard InChI is InChI=1S/C19H32N2O/c1-15(2)13-21-10-11-22-18(14-21)12-20-19(16(3)4)17-8-6-5-7-9-17/h5-9,15-16,18-20H,10-14H2,1-4H3. The maximum absolute atomic E-state index is 5.95. The van der Waals surface area contributed by atoms with Crippen LogP contribution in [0, 0.1) is 11.8 Å². The molecule has 2 rings (SSSR count). The van der Waals surface area contributed by atoms with Crippen molar-refractivity contribution in [1.82, 2.24) is 10.2 Å². The van der Waals surface area contributed by atoms with Crippen LogP contribution in [0.3, 0.4) is 0 Å². The van der Waals surface area contributed by atoms with Gasteiger partial charge in [0, 0.05) is 32.2 Å². The number of nitrogens with one attached hydrogen (secondary N) is 1. The second-order valence-corrected chi connectivity index (χ2v) is 7.19. The molecule has 3 nitrogen and oxygen atoms in total. The van der Waals surface area contributed by atoms with Gasteiger partial charge in [-0.25, -0.2) is 0 Å². The average molecular weight is 304 g/mol. The van der Waals surface area contributed by atoms with E-state index in [4.69, 9.17) is 4.74 Å². The normalized spacial score (nSPS) is 21.5. The fourth-order valence-electron chi connectivity index (χ4n) is 3.24. The molecule has 0 amide bonds. The second kappa shape index (κ2) is 8.66. The Balaban J connectivity index is 1.87. The van der Waals surface area contributed by atoms with Crippen molar-refractivity contribution in [3.63, 3.8) is 0 Å². The fraction of sp³-hybridized carbons (Fsp3) is 0.684. The highest BCUT2D eigenvalue weighted by molar-refractivity contribution is 5.19. The van der Waals surface area contributed by atoms with E-state index in [0.717, 1.165) is 32.2 Å². The lowest BCUT2D eigenvalue weighted by atomic mass is 9.96. The number of rotatable bonds is 7. The third kappa shape index (κ3) is 5.38. The van der Waals surface area contributed by atoms with Crippen LogP contribution in [0.15, 0.2) is 30.3 Å². The molecule has 124 valence electrons. The van der Waals surface area contributed by atoms with Gasteiger partial charge in [-0.2, -0.15) is 0 Å². The van der Waals surface area contributed by atoms with E-state index in [1.165, 1.54) is 12.1 Å². The summed E-state index contributed by atoms with van der Waals surface area (Å²) in [5.41, 5.74) is 1.37. The van der Waals surface area contributed by atoms with E-state index in [9.17, 15) is 0 Å². The van der Waals surface area contributed by atoms with Crippen LogP contribution >= 0.6 is 0 Å². The van der Waals surface area contributed by atoms with Crippen LogP contribution in [0.25, 0.3) is 0 Å². The van der Waals surface area contributed by atoms with Gasteiger partial charge in [-0.3, -0.25) is 4.90 Å². The number of hydrogen-bond donors (Lipinski definition) is 1. The second-order valence-electron chi connectivity index (χ2n) is 7.19. The van der Waals surface area contributed by atoms with Gasteiger partial charge in [0.2, 0.25) is 0 Å². The third-order valence-electron chi connectivity index (χ3n) is 4.24. The van der Waals surface area contributed by atoms with Crippen LogP contribution in [-0.4, -0.2) is 43.8 Å². The highest BCUT2D eigenvalue weighted by Crippen LogP contribution is 2.21. The molecule has 0 saturated carbocycles. The van der Waals surface area contributed by atoms with Crippen LogP contribution in [0.1, 0.15) is 39.3 Å². The van der Waals surface area contributed by atoms with Crippen molar-refractivity contribution in [2.45, 2.75) is 39.8 Å². The Morgan fingerprint density at radius 1 is 1.18 bits per heavy atom. The molecule has 2 atom stereocenters. The van der Waals surface area contributed by atoms with Crippen LogP contribution in [0.4, 0.5) is 0 Å². The lowest BCUT2D eigenvalue weighted by Gasteiger charge is -2.35. The zero-order valence-corrected chi connectivity index (χ0v) is 14.6. The van der Waals surface area contributed by atoms with Crippen molar-refractivity contribution in [1.29, 1.82) is 0 Å². The van der Waals surface area contributed by atoms with Crippen LogP contribution in [0.2, 0.25) is 0 Å². The van der Waals surface area contributed by atoms with Crippen molar-refractivity contribution >= 4 is 0 Å². The maximum Gasteiger partial charge on any atom is 0.0826 e. The lowest BCUT2D eigenvalue weighted by molar-refractivity contribution is -0.0318. The summed E-state index contributed by atoms with van der Waals surface area (Å²) in [5, 5.41) is 3.73. The molecule has 1 fully saturated rings. The Morgan fingerprint density at radius 3 is 2.55 bits per heavy atom. The van der Waals surface area contributed by atoms with Gasteiger partial charge >= 0.3 is 0 Å². The summed E-state index contributed by atoms with van der Waals surface area (Å²) in [6.07, 6.45) is 0.303. The highest BCUT2D eigenvalue weighted by atomic mass is 16.5. The maximum atomic E-state index is 5.95. The van der Waals surface area contributed by atoms with Gasteiger partial charge in [0.05, 0.1) is 12.7 Å².